The van der Waals surface area contributed by atoms with Crippen LogP contribution >= 0.6 is 0 Å². The van der Waals surface area contributed by atoms with E-state index in [2.05, 4.69) is 18.8 Å². The average molecular weight is 501 g/mol. The predicted molar refractivity (Wildman–Crippen MR) is 141 cm³/mol. The number of aliphatic hydroxyl groups excluding tert-OH is 1. The van der Waals surface area contributed by atoms with Gasteiger partial charge in [-0.3, -0.25) is 14.6 Å². The molecule has 1 aromatic heterocycles. The number of pyridine rings is 1. The van der Waals surface area contributed by atoms with Crippen LogP contribution < -0.4 is 9.47 Å². The maximum Gasteiger partial charge on any atom is 0.295 e. The van der Waals surface area contributed by atoms with E-state index in [1.807, 2.05) is 50.2 Å². The summed E-state index contributed by atoms with van der Waals surface area (Å²) in [5.74, 6) is -0.295. The Hall–Kier alpha value is -4.13. The van der Waals surface area contributed by atoms with E-state index in [1.165, 1.54) is 12.0 Å². The van der Waals surface area contributed by atoms with Crippen molar-refractivity contribution in [2.24, 2.45) is 5.92 Å². The number of hydrogen-bond acceptors (Lipinski definition) is 6. The molecule has 7 nitrogen and oxygen atoms in total. The number of aryl methyl sites for hydroxylation is 2. The lowest BCUT2D eigenvalue weighted by Crippen LogP contribution is -2.29. The van der Waals surface area contributed by atoms with Crippen LogP contribution in [0.2, 0.25) is 0 Å². The number of carbonyl (C=O) groups is 2. The van der Waals surface area contributed by atoms with Crippen LogP contribution in [0.15, 0.2) is 66.5 Å². The molecular weight excluding hydrogens is 468 g/mol. The molecule has 1 unspecified atom stereocenters. The van der Waals surface area contributed by atoms with Crippen molar-refractivity contribution in [1.29, 1.82) is 0 Å². The Morgan fingerprint density at radius 1 is 1.11 bits per heavy atom. The van der Waals surface area contributed by atoms with Gasteiger partial charge in [0.1, 0.15) is 17.3 Å². The number of amides is 1. The second-order valence-electron chi connectivity index (χ2n) is 9.73. The molecule has 1 N–H and O–H groups in total. The maximum absolute atomic E-state index is 13.5. The number of nitrogens with zero attached hydrogens (tertiary/aromatic N) is 2. The minimum Gasteiger partial charge on any atom is -0.507 e. The molecule has 7 heteroatoms. The van der Waals surface area contributed by atoms with Gasteiger partial charge in [-0.2, -0.15) is 0 Å². The van der Waals surface area contributed by atoms with Crippen molar-refractivity contribution < 1.29 is 24.2 Å². The summed E-state index contributed by atoms with van der Waals surface area (Å²) in [6.07, 6.45) is 3.31. The number of ether oxygens (including phenoxy) is 2. The number of benzene rings is 2. The van der Waals surface area contributed by atoms with E-state index in [0.717, 1.165) is 16.7 Å². The molecule has 192 valence electrons. The third-order valence-corrected chi connectivity index (χ3v) is 6.25. The number of carbonyl (C=O) groups excluding carboxylic acids is 2. The van der Waals surface area contributed by atoms with E-state index in [9.17, 15) is 14.7 Å². The molecule has 1 aliphatic rings. The van der Waals surface area contributed by atoms with Crippen molar-refractivity contribution in [1.82, 2.24) is 9.88 Å². The Bertz CT molecular complexity index is 1350. The molecule has 1 fully saturated rings. The van der Waals surface area contributed by atoms with Crippen molar-refractivity contribution in [3.8, 4) is 11.5 Å². The lowest BCUT2D eigenvalue weighted by Gasteiger charge is -2.26. The Morgan fingerprint density at radius 2 is 1.89 bits per heavy atom. The molecular formula is C30H32N2O5. The molecule has 3 aromatic rings. The van der Waals surface area contributed by atoms with Crippen LogP contribution in [0.5, 0.6) is 11.5 Å². The summed E-state index contributed by atoms with van der Waals surface area (Å²) in [4.78, 5) is 32.5. The Morgan fingerprint density at radius 3 is 2.57 bits per heavy atom. The summed E-state index contributed by atoms with van der Waals surface area (Å²) in [5, 5.41) is 11.6. The first kappa shape index (κ1) is 25.9. The fraction of sp³-hybridized carbons (Fsp3) is 0.300. The second-order valence-corrected chi connectivity index (χ2v) is 9.73. The summed E-state index contributed by atoms with van der Waals surface area (Å²) in [5.41, 5.74) is 3.52. The van der Waals surface area contributed by atoms with E-state index < -0.39 is 17.7 Å². The van der Waals surface area contributed by atoms with Crippen molar-refractivity contribution in [3.63, 3.8) is 0 Å². The number of ketones is 1. The van der Waals surface area contributed by atoms with Gasteiger partial charge in [-0.05, 0) is 66.3 Å². The highest BCUT2D eigenvalue weighted by Gasteiger charge is 2.46. The number of hydrogen-bond donors (Lipinski definition) is 1. The maximum atomic E-state index is 13.5. The van der Waals surface area contributed by atoms with Crippen LogP contribution in [0.25, 0.3) is 5.76 Å². The summed E-state index contributed by atoms with van der Waals surface area (Å²) < 4.78 is 11.5. The summed E-state index contributed by atoms with van der Waals surface area (Å²) >= 11 is 0. The number of aliphatic hydroxyl groups is 1. The minimum atomic E-state index is -0.826. The first-order valence-electron chi connectivity index (χ1n) is 12.3. The van der Waals surface area contributed by atoms with E-state index in [-0.39, 0.29) is 17.9 Å². The predicted octanol–water partition coefficient (Wildman–Crippen LogP) is 5.36. The lowest BCUT2D eigenvalue weighted by molar-refractivity contribution is -0.140. The lowest BCUT2D eigenvalue weighted by atomic mass is 9.93. The first-order valence-corrected chi connectivity index (χ1v) is 12.3. The Kier molecular flexibility index (Phi) is 7.62. The third-order valence-electron chi connectivity index (χ3n) is 6.25. The van der Waals surface area contributed by atoms with E-state index in [1.54, 1.807) is 24.5 Å². The molecule has 1 amide bonds. The molecule has 2 heterocycles. The van der Waals surface area contributed by atoms with Gasteiger partial charge in [0, 0.05) is 18.9 Å². The van der Waals surface area contributed by atoms with Gasteiger partial charge in [-0.25, -0.2) is 0 Å². The van der Waals surface area contributed by atoms with Crippen molar-refractivity contribution in [2.75, 3.05) is 13.7 Å². The van der Waals surface area contributed by atoms with Crippen LogP contribution in [0, 0.1) is 19.8 Å². The number of aromatic nitrogens is 1. The monoisotopic (exact) mass is 500 g/mol. The van der Waals surface area contributed by atoms with Gasteiger partial charge in [0.05, 0.1) is 30.9 Å². The fourth-order valence-corrected chi connectivity index (χ4v) is 4.66. The first-order chi connectivity index (χ1) is 17.7. The molecule has 0 radical (unpaired) electrons. The Labute approximate surface area is 217 Å². The topological polar surface area (TPSA) is 89.0 Å². The molecule has 1 saturated heterocycles. The van der Waals surface area contributed by atoms with E-state index in [0.29, 0.717) is 35.2 Å². The summed E-state index contributed by atoms with van der Waals surface area (Å²) in [6.45, 7) is 8.57. The van der Waals surface area contributed by atoms with Gasteiger partial charge in [0.2, 0.25) is 0 Å². The SMILES string of the molecule is COc1c(C)cc(C)cc1/C(O)=C1\C(=O)C(=O)N(Cc2cccnc2)C1c1cccc(OCC(C)C)c1. The minimum absolute atomic E-state index is 0.0122. The molecule has 0 saturated carbocycles. The Balaban J connectivity index is 1.90. The average Bonchev–Trinajstić information content (AvgIpc) is 3.12. The zero-order valence-electron chi connectivity index (χ0n) is 21.8. The largest absolute Gasteiger partial charge is 0.507 e. The summed E-state index contributed by atoms with van der Waals surface area (Å²) in [7, 11) is 1.52. The highest BCUT2D eigenvalue weighted by atomic mass is 16.5. The number of likely N-dealkylation sites (tertiary alicyclic amines) is 1. The third kappa shape index (κ3) is 5.35. The molecule has 0 bridgehead atoms. The van der Waals surface area contributed by atoms with Gasteiger partial charge in [0.25, 0.3) is 11.7 Å². The van der Waals surface area contributed by atoms with Crippen LogP contribution in [0.3, 0.4) is 0 Å². The van der Waals surface area contributed by atoms with Crippen LogP contribution in [0.1, 0.15) is 47.7 Å². The van der Waals surface area contributed by atoms with Gasteiger partial charge >= 0.3 is 0 Å². The quantitative estimate of drug-likeness (QED) is 0.254. The molecule has 1 aliphatic heterocycles. The van der Waals surface area contributed by atoms with Crippen molar-refractivity contribution >= 4 is 17.4 Å². The van der Waals surface area contributed by atoms with Crippen LogP contribution in [-0.2, 0) is 16.1 Å². The highest BCUT2D eigenvalue weighted by molar-refractivity contribution is 6.46. The number of Topliss-reactive ketones (excluding diaryl/α,β-unsaturated/α-hetero) is 1. The van der Waals surface area contributed by atoms with Crippen molar-refractivity contribution in [3.05, 3.63) is 94.3 Å². The molecule has 1 atom stereocenters. The number of rotatable bonds is 8. The van der Waals surface area contributed by atoms with Gasteiger partial charge in [0.15, 0.2) is 0 Å². The van der Waals surface area contributed by atoms with Gasteiger partial charge < -0.3 is 19.5 Å². The zero-order chi connectivity index (χ0) is 26.7. The van der Waals surface area contributed by atoms with Gasteiger partial charge in [-0.1, -0.05) is 38.1 Å². The van der Waals surface area contributed by atoms with Crippen LogP contribution in [0.4, 0.5) is 0 Å². The normalized spacial score (nSPS) is 16.9. The highest BCUT2D eigenvalue weighted by Crippen LogP contribution is 2.43. The molecule has 2 aromatic carbocycles. The molecule has 0 spiro atoms. The second kappa shape index (κ2) is 10.9. The van der Waals surface area contributed by atoms with E-state index >= 15 is 0 Å². The smallest absolute Gasteiger partial charge is 0.295 e. The molecule has 37 heavy (non-hydrogen) atoms. The van der Waals surface area contributed by atoms with Gasteiger partial charge in [-0.15, -0.1) is 0 Å². The van der Waals surface area contributed by atoms with Crippen LogP contribution in [-0.4, -0.2) is 40.4 Å². The zero-order valence-corrected chi connectivity index (χ0v) is 21.8. The standard InChI is InChI=1S/C30H32N2O5/c1-18(2)17-37-23-10-6-9-22(14-23)26-25(27(33)24-13-19(3)12-20(4)29(24)36-5)28(34)30(35)32(26)16-21-8-7-11-31-15-21/h6-15,18,26,33H,16-17H2,1-5H3/b27-25+. The molecule has 0 aliphatic carbocycles. The number of methoxy groups -OCH3 is 1. The van der Waals surface area contributed by atoms with E-state index in [4.69, 9.17) is 9.47 Å². The van der Waals surface area contributed by atoms with Crippen molar-refractivity contribution in [2.45, 2.75) is 40.3 Å². The molecule has 4 rings (SSSR count). The fourth-order valence-electron chi connectivity index (χ4n) is 4.66. The summed E-state index contributed by atoms with van der Waals surface area (Å²) in [6, 6.07) is 13.8.